The summed E-state index contributed by atoms with van der Waals surface area (Å²) in [5.41, 5.74) is -0.0631. The van der Waals surface area contributed by atoms with Gasteiger partial charge in [0.15, 0.2) is 0 Å². The average Bonchev–Trinajstić information content (AvgIpc) is 2.40. The predicted octanol–water partition coefficient (Wildman–Crippen LogP) is 1.21. The minimum atomic E-state index is -0.174. The second-order valence-corrected chi connectivity index (χ2v) is 6.61. The van der Waals surface area contributed by atoms with E-state index in [1.807, 2.05) is 0 Å². The Morgan fingerprint density at radius 3 is 2.38 bits per heavy atom. The third-order valence-electron chi connectivity index (χ3n) is 4.43. The molecule has 6 heteroatoms. The Morgan fingerprint density at radius 2 is 1.90 bits per heavy atom. The van der Waals surface area contributed by atoms with Gasteiger partial charge in [0.05, 0.1) is 6.10 Å². The largest absolute Gasteiger partial charge is 0.380 e. The van der Waals surface area contributed by atoms with Gasteiger partial charge in [0, 0.05) is 51.5 Å². The van der Waals surface area contributed by atoms with Gasteiger partial charge in [-0.1, -0.05) is 20.8 Å². The Morgan fingerprint density at radius 1 is 1.29 bits per heavy atom. The lowest BCUT2D eigenvalue weighted by Gasteiger charge is -2.56. The van der Waals surface area contributed by atoms with Crippen molar-refractivity contribution in [3.05, 3.63) is 0 Å². The fraction of sp³-hybridized carbons (Fsp3) is 0.867. The molecule has 0 aliphatic heterocycles. The lowest BCUT2D eigenvalue weighted by Crippen LogP contribution is -2.68. The first-order chi connectivity index (χ1) is 9.71. The van der Waals surface area contributed by atoms with Gasteiger partial charge in [-0.2, -0.15) is 0 Å². The van der Waals surface area contributed by atoms with Crippen molar-refractivity contribution in [2.75, 3.05) is 27.7 Å². The van der Waals surface area contributed by atoms with Crippen LogP contribution in [0.2, 0.25) is 0 Å². The third-order valence-corrected chi connectivity index (χ3v) is 4.43. The zero-order valence-electron chi connectivity index (χ0n) is 14.0. The smallest absolute Gasteiger partial charge is 0.315 e. The molecule has 0 saturated heterocycles. The molecule has 6 nitrogen and oxygen atoms in total. The molecule has 1 aliphatic carbocycles. The first kappa shape index (κ1) is 17.8. The van der Waals surface area contributed by atoms with Gasteiger partial charge in [0.2, 0.25) is 5.91 Å². The Balaban J connectivity index is 2.27. The first-order valence-corrected chi connectivity index (χ1v) is 7.49. The average molecular weight is 299 g/mol. The van der Waals surface area contributed by atoms with Gasteiger partial charge in [0.25, 0.3) is 0 Å². The molecule has 0 unspecified atom stereocenters. The van der Waals surface area contributed by atoms with Crippen molar-refractivity contribution in [3.8, 4) is 0 Å². The number of hydrogen-bond acceptors (Lipinski definition) is 3. The zero-order chi connectivity index (χ0) is 16.2. The van der Waals surface area contributed by atoms with E-state index < -0.39 is 0 Å². The Labute approximate surface area is 127 Å². The minimum Gasteiger partial charge on any atom is -0.380 e. The van der Waals surface area contributed by atoms with E-state index in [1.54, 1.807) is 26.1 Å². The molecule has 3 atom stereocenters. The molecule has 1 fully saturated rings. The highest BCUT2D eigenvalue weighted by Crippen LogP contribution is 2.46. The Bertz CT molecular complexity index is 382. The van der Waals surface area contributed by atoms with Gasteiger partial charge in [-0.3, -0.25) is 4.79 Å². The van der Waals surface area contributed by atoms with Crippen molar-refractivity contribution >= 4 is 11.9 Å². The van der Waals surface area contributed by atoms with Gasteiger partial charge in [-0.05, 0) is 6.42 Å². The molecule has 1 rings (SSSR count). The van der Waals surface area contributed by atoms with Crippen LogP contribution in [0.5, 0.6) is 0 Å². The minimum absolute atomic E-state index is 0.0631. The topological polar surface area (TPSA) is 70.7 Å². The van der Waals surface area contributed by atoms with Crippen molar-refractivity contribution in [1.29, 1.82) is 0 Å². The summed E-state index contributed by atoms with van der Waals surface area (Å²) in [4.78, 5) is 24.9. The van der Waals surface area contributed by atoms with Crippen LogP contribution in [0.4, 0.5) is 4.79 Å². The van der Waals surface area contributed by atoms with Crippen LogP contribution >= 0.6 is 0 Å². The summed E-state index contributed by atoms with van der Waals surface area (Å²) >= 11 is 0. The molecule has 0 bridgehead atoms. The fourth-order valence-electron chi connectivity index (χ4n) is 3.28. The second kappa shape index (κ2) is 7.11. The van der Waals surface area contributed by atoms with Crippen LogP contribution in [0.15, 0.2) is 0 Å². The van der Waals surface area contributed by atoms with Crippen LogP contribution in [0.3, 0.4) is 0 Å². The molecule has 122 valence electrons. The van der Waals surface area contributed by atoms with E-state index in [4.69, 9.17) is 4.74 Å². The van der Waals surface area contributed by atoms with Crippen molar-refractivity contribution < 1.29 is 14.3 Å². The lowest BCUT2D eigenvalue weighted by atomic mass is 9.58. The van der Waals surface area contributed by atoms with E-state index in [1.165, 1.54) is 0 Å². The number of methoxy groups -OCH3 is 1. The van der Waals surface area contributed by atoms with Crippen LogP contribution in [0, 0.1) is 11.3 Å². The van der Waals surface area contributed by atoms with Crippen molar-refractivity contribution in [1.82, 2.24) is 15.5 Å². The highest BCUT2D eigenvalue weighted by molar-refractivity contribution is 5.76. The summed E-state index contributed by atoms with van der Waals surface area (Å²) in [5, 5.41) is 5.81. The van der Waals surface area contributed by atoms with E-state index in [9.17, 15) is 9.59 Å². The maximum atomic E-state index is 11.9. The van der Waals surface area contributed by atoms with Crippen molar-refractivity contribution in [2.45, 2.75) is 45.8 Å². The maximum absolute atomic E-state index is 11.9. The lowest BCUT2D eigenvalue weighted by molar-refractivity contribution is -0.140. The molecule has 1 saturated carbocycles. The summed E-state index contributed by atoms with van der Waals surface area (Å²) in [5.74, 6) is 0.375. The van der Waals surface area contributed by atoms with Crippen LogP contribution < -0.4 is 10.6 Å². The summed E-state index contributed by atoms with van der Waals surface area (Å²) < 4.78 is 5.46. The fourth-order valence-corrected chi connectivity index (χ4v) is 3.28. The van der Waals surface area contributed by atoms with Gasteiger partial charge < -0.3 is 20.3 Å². The van der Waals surface area contributed by atoms with E-state index >= 15 is 0 Å². The molecule has 2 N–H and O–H groups in total. The normalized spacial score (nSPS) is 26.7. The summed E-state index contributed by atoms with van der Waals surface area (Å²) in [6.07, 6.45) is 1.26. The van der Waals surface area contributed by atoms with Crippen molar-refractivity contribution in [2.24, 2.45) is 11.3 Å². The monoisotopic (exact) mass is 299 g/mol. The highest BCUT2D eigenvalue weighted by atomic mass is 16.5. The molecule has 0 aromatic heterocycles. The van der Waals surface area contributed by atoms with Crippen molar-refractivity contribution in [3.63, 3.8) is 0 Å². The molecule has 0 heterocycles. The summed E-state index contributed by atoms with van der Waals surface area (Å²) in [7, 11) is 5.17. The Kier molecular flexibility index (Phi) is 6.01. The molecule has 0 aromatic carbocycles. The third kappa shape index (κ3) is 4.09. The predicted molar refractivity (Wildman–Crippen MR) is 82.0 cm³/mol. The van der Waals surface area contributed by atoms with Crippen LogP contribution in [0.25, 0.3) is 0 Å². The van der Waals surface area contributed by atoms with Gasteiger partial charge in [-0.15, -0.1) is 0 Å². The highest BCUT2D eigenvalue weighted by Gasteiger charge is 2.55. The number of rotatable bonds is 6. The quantitative estimate of drug-likeness (QED) is 0.724. The van der Waals surface area contributed by atoms with E-state index in [2.05, 4.69) is 31.4 Å². The van der Waals surface area contributed by atoms with Crippen LogP contribution in [0.1, 0.15) is 33.6 Å². The van der Waals surface area contributed by atoms with Crippen LogP contribution in [-0.2, 0) is 9.53 Å². The first-order valence-electron chi connectivity index (χ1n) is 7.49. The number of amides is 3. The number of nitrogens with one attached hydrogen (secondary N) is 2. The number of carbonyl (C=O) groups is 2. The maximum Gasteiger partial charge on any atom is 0.315 e. The molecular formula is C15H29N3O3. The second-order valence-electron chi connectivity index (χ2n) is 6.61. The zero-order valence-corrected chi connectivity index (χ0v) is 14.0. The number of ether oxygens (including phenoxy) is 1. The van der Waals surface area contributed by atoms with Gasteiger partial charge in [0.1, 0.15) is 0 Å². The molecule has 21 heavy (non-hydrogen) atoms. The number of hydrogen-bond donors (Lipinski definition) is 2. The SMILES string of the molecule is CO[C@@H]1[C@H](C)[C@@H](NC(=O)NCCCC(=O)N(C)C)C1(C)C. The van der Waals surface area contributed by atoms with E-state index in [0.717, 1.165) is 0 Å². The standard InChI is InChI=1S/C15H29N3O3/c1-10-12(15(2,3)13(10)21-6)17-14(20)16-9-7-8-11(19)18(4)5/h10,12-13H,7-9H2,1-6H3,(H2,16,17,20)/t10-,12-,13-/m1/s1. The molecule has 0 radical (unpaired) electrons. The summed E-state index contributed by atoms with van der Waals surface area (Å²) in [6, 6.07) is -0.0716. The van der Waals surface area contributed by atoms with Gasteiger partial charge in [-0.25, -0.2) is 4.79 Å². The molecule has 0 aromatic rings. The number of carbonyl (C=O) groups excluding carboxylic acids is 2. The molecule has 1 aliphatic rings. The summed E-state index contributed by atoms with van der Waals surface area (Å²) in [6.45, 7) is 6.78. The Hall–Kier alpha value is -1.30. The van der Waals surface area contributed by atoms with Gasteiger partial charge >= 0.3 is 6.03 Å². The van der Waals surface area contributed by atoms with Crippen LogP contribution in [-0.4, -0.2) is 56.7 Å². The van der Waals surface area contributed by atoms with E-state index in [-0.39, 0.29) is 29.5 Å². The molecule has 0 spiro atoms. The number of urea groups is 1. The molecule has 3 amide bonds. The molecular weight excluding hydrogens is 270 g/mol. The van der Waals surface area contributed by atoms with E-state index in [0.29, 0.717) is 25.3 Å². The number of nitrogens with zero attached hydrogens (tertiary/aromatic N) is 1.